The SMILES string of the molecule is CN(C(=O)C1C=Nc2ccccc2CC1)C(CCNC(=O)c1cccn1C)Cc1ccccc1. The summed E-state index contributed by atoms with van der Waals surface area (Å²) in [6.45, 7) is 0.489. The zero-order chi connectivity index (χ0) is 23.9. The molecule has 0 aliphatic carbocycles. The van der Waals surface area contributed by atoms with Gasteiger partial charge in [0, 0.05) is 39.1 Å². The minimum Gasteiger partial charge on any atom is -0.351 e. The summed E-state index contributed by atoms with van der Waals surface area (Å²) in [6, 6.07) is 21.9. The number of nitrogens with one attached hydrogen (secondary N) is 1. The molecular formula is C28H32N4O2. The summed E-state index contributed by atoms with van der Waals surface area (Å²) in [5.41, 5.74) is 3.92. The number of hydrogen-bond acceptors (Lipinski definition) is 3. The summed E-state index contributed by atoms with van der Waals surface area (Å²) in [7, 11) is 3.73. The molecule has 1 aromatic heterocycles. The molecule has 1 N–H and O–H groups in total. The van der Waals surface area contributed by atoms with Crippen molar-refractivity contribution in [3.05, 3.63) is 89.7 Å². The second kappa shape index (κ2) is 11.0. The number of carbonyl (C=O) groups is 2. The van der Waals surface area contributed by atoms with Gasteiger partial charge in [-0.05, 0) is 55.0 Å². The van der Waals surface area contributed by atoms with Crippen LogP contribution in [0.4, 0.5) is 5.69 Å². The van der Waals surface area contributed by atoms with Crippen molar-refractivity contribution in [2.75, 3.05) is 13.6 Å². The van der Waals surface area contributed by atoms with Gasteiger partial charge in [-0.1, -0.05) is 48.5 Å². The zero-order valence-electron chi connectivity index (χ0n) is 19.9. The highest BCUT2D eigenvalue weighted by Gasteiger charge is 2.27. The highest BCUT2D eigenvalue weighted by molar-refractivity contribution is 5.95. The van der Waals surface area contributed by atoms with Gasteiger partial charge in [0.1, 0.15) is 5.69 Å². The molecule has 0 spiro atoms. The van der Waals surface area contributed by atoms with E-state index in [1.54, 1.807) is 16.8 Å². The Hall–Kier alpha value is -3.67. The molecule has 0 radical (unpaired) electrons. The molecule has 0 bridgehead atoms. The molecule has 0 fully saturated rings. The van der Waals surface area contributed by atoms with Gasteiger partial charge in [0.05, 0.1) is 11.6 Å². The molecule has 4 rings (SSSR count). The van der Waals surface area contributed by atoms with Crippen LogP contribution in [0.5, 0.6) is 0 Å². The van der Waals surface area contributed by atoms with Gasteiger partial charge in [-0.25, -0.2) is 0 Å². The van der Waals surface area contributed by atoms with Crippen LogP contribution in [-0.4, -0.2) is 47.1 Å². The standard InChI is InChI=1S/C28H32N4O2/c1-31-18-8-13-26(31)27(33)29-17-16-24(19-21-9-4-3-5-10-21)32(2)28(34)23-15-14-22-11-6-7-12-25(22)30-20-23/h3-13,18,20,23-24H,14-17,19H2,1-2H3,(H,29,33). The second-order valence-electron chi connectivity index (χ2n) is 8.89. The predicted octanol–water partition coefficient (Wildman–Crippen LogP) is 4.18. The number of aliphatic imine (C=N–C) groups is 1. The summed E-state index contributed by atoms with van der Waals surface area (Å²) < 4.78 is 1.80. The molecule has 1 aliphatic rings. The maximum absolute atomic E-state index is 13.5. The van der Waals surface area contributed by atoms with Crippen molar-refractivity contribution in [3.8, 4) is 0 Å². The fourth-order valence-corrected chi connectivity index (χ4v) is 4.49. The number of aromatic nitrogens is 1. The Kier molecular flexibility index (Phi) is 7.58. The predicted molar refractivity (Wildman–Crippen MR) is 135 cm³/mol. The number of hydrogen-bond donors (Lipinski definition) is 1. The first-order valence-corrected chi connectivity index (χ1v) is 11.8. The number of aryl methyl sites for hydroxylation is 2. The number of carbonyl (C=O) groups excluding carboxylic acids is 2. The molecule has 6 nitrogen and oxygen atoms in total. The van der Waals surface area contributed by atoms with E-state index in [-0.39, 0.29) is 23.8 Å². The van der Waals surface area contributed by atoms with Crippen molar-refractivity contribution in [1.82, 2.24) is 14.8 Å². The number of amides is 2. The maximum Gasteiger partial charge on any atom is 0.267 e. The van der Waals surface area contributed by atoms with E-state index in [9.17, 15) is 9.59 Å². The monoisotopic (exact) mass is 456 g/mol. The number of benzene rings is 2. The third-order valence-electron chi connectivity index (χ3n) is 6.58. The van der Waals surface area contributed by atoms with Gasteiger partial charge in [0.15, 0.2) is 0 Å². The van der Waals surface area contributed by atoms with E-state index in [0.29, 0.717) is 18.7 Å². The van der Waals surface area contributed by atoms with Gasteiger partial charge >= 0.3 is 0 Å². The molecule has 2 amide bonds. The van der Waals surface area contributed by atoms with E-state index in [1.807, 2.05) is 67.7 Å². The van der Waals surface area contributed by atoms with Gasteiger partial charge in [-0.2, -0.15) is 0 Å². The molecule has 6 heteroatoms. The Balaban J connectivity index is 1.43. The van der Waals surface area contributed by atoms with Crippen molar-refractivity contribution in [2.24, 2.45) is 18.0 Å². The summed E-state index contributed by atoms with van der Waals surface area (Å²) in [6.07, 6.45) is 6.63. The Morgan fingerprint density at radius 1 is 1.09 bits per heavy atom. The Morgan fingerprint density at radius 3 is 2.62 bits per heavy atom. The van der Waals surface area contributed by atoms with E-state index in [4.69, 9.17) is 0 Å². The number of nitrogens with zero attached hydrogens (tertiary/aromatic N) is 3. The van der Waals surface area contributed by atoms with Crippen LogP contribution in [-0.2, 0) is 24.7 Å². The van der Waals surface area contributed by atoms with Crippen LogP contribution in [0.1, 0.15) is 34.5 Å². The van der Waals surface area contributed by atoms with E-state index in [0.717, 1.165) is 24.9 Å². The minimum atomic E-state index is -0.256. The van der Waals surface area contributed by atoms with Gasteiger partial charge in [0.25, 0.3) is 5.91 Å². The highest BCUT2D eigenvalue weighted by atomic mass is 16.2. The van der Waals surface area contributed by atoms with Crippen molar-refractivity contribution in [2.45, 2.75) is 31.7 Å². The summed E-state index contributed by atoms with van der Waals surface area (Å²) >= 11 is 0. The maximum atomic E-state index is 13.5. The van der Waals surface area contributed by atoms with Crippen molar-refractivity contribution < 1.29 is 9.59 Å². The normalized spacial score (nSPS) is 15.8. The van der Waals surface area contributed by atoms with Crippen LogP contribution in [0.25, 0.3) is 0 Å². The Labute approximate surface area is 201 Å². The molecular weight excluding hydrogens is 424 g/mol. The number of likely N-dealkylation sites (N-methyl/N-ethyl adjacent to an activating group) is 1. The summed E-state index contributed by atoms with van der Waals surface area (Å²) in [5, 5.41) is 3.01. The van der Waals surface area contributed by atoms with Crippen molar-refractivity contribution in [1.29, 1.82) is 0 Å². The number of fused-ring (bicyclic) bond motifs is 1. The molecule has 2 atom stereocenters. The Bertz CT molecular complexity index is 1150. The second-order valence-corrected chi connectivity index (χ2v) is 8.89. The van der Waals surface area contributed by atoms with Gasteiger partial charge in [0.2, 0.25) is 5.91 Å². The van der Waals surface area contributed by atoms with Crippen LogP contribution in [0, 0.1) is 5.92 Å². The van der Waals surface area contributed by atoms with Crippen molar-refractivity contribution in [3.63, 3.8) is 0 Å². The summed E-state index contributed by atoms with van der Waals surface area (Å²) in [4.78, 5) is 32.5. The zero-order valence-corrected chi connectivity index (χ0v) is 19.9. The van der Waals surface area contributed by atoms with E-state index in [1.165, 1.54) is 11.1 Å². The van der Waals surface area contributed by atoms with Gasteiger partial charge in [-0.15, -0.1) is 0 Å². The van der Waals surface area contributed by atoms with E-state index < -0.39 is 0 Å². The molecule has 1 aliphatic heterocycles. The van der Waals surface area contributed by atoms with Crippen LogP contribution in [0.15, 0.2) is 77.9 Å². The lowest BCUT2D eigenvalue weighted by Gasteiger charge is -2.31. The smallest absolute Gasteiger partial charge is 0.267 e. The van der Waals surface area contributed by atoms with Crippen LogP contribution >= 0.6 is 0 Å². The minimum absolute atomic E-state index is 0.0392. The van der Waals surface area contributed by atoms with Gasteiger partial charge in [-0.3, -0.25) is 14.6 Å². The molecule has 34 heavy (non-hydrogen) atoms. The lowest BCUT2D eigenvalue weighted by Crippen LogP contribution is -2.44. The van der Waals surface area contributed by atoms with E-state index in [2.05, 4.69) is 28.5 Å². The van der Waals surface area contributed by atoms with Crippen LogP contribution in [0.2, 0.25) is 0 Å². The molecule has 176 valence electrons. The topological polar surface area (TPSA) is 66.7 Å². The summed E-state index contributed by atoms with van der Waals surface area (Å²) in [5.74, 6) is -0.284. The van der Waals surface area contributed by atoms with Crippen LogP contribution < -0.4 is 5.32 Å². The quantitative estimate of drug-likeness (QED) is 0.553. The fourth-order valence-electron chi connectivity index (χ4n) is 4.49. The first kappa shape index (κ1) is 23.5. The molecule has 2 unspecified atom stereocenters. The highest BCUT2D eigenvalue weighted by Crippen LogP contribution is 2.26. The fraction of sp³-hybridized carbons (Fsp3) is 0.321. The average molecular weight is 457 g/mol. The third kappa shape index (κ3) is 5.63. The van der Waals surface area contributed by atoms with Crippen molar-refractivity contribution >= 4 is 23.7 Å². The molecule has 2 aromatic carbocycles. The van der Waals surface area contributed by atoms with Gasteiger partial charge < -0.3 is 14.8 Å². The molecule has 0 saturated heterocycles. The third-order valence-corrected chi connectivity index (χ3v) is 6.58. The molecule has 3 aromatic rings. The first-order valence-electron chi connectivity index (χ1n) is 11.8. The number of rotatable bonds is 8. The Morgan fingerprint density at radius 2 is 1.85 bits per heavy atom. The van der Waals surface area contributed by atoms with E-state index >= 15 is 0 Å². The van der Waals surface area contributed by atoms with Crippen LogP contribution in [0.3, 0.4) is 0 Å². The average Bonchev–Trinajstić information content (AvgIpc) is 3.17. The lowest BCUT2D eigenvalue weighted by atomic mass is 9.97. The number of para-hydroxylation sites is 1. The largest absolute Gasteiger partial charge is 0.351 e. The first-order chi connectivity index (χ1) is 16.5. The molecule has 2 heterocycles. The molecule has 0 saturated carbocycles. The lowest BCUT2D eigenvalue weighted by molar-refractivity contribution is -0.134.